The van der Waals surface area contributed by atoms with Gasteiger partial charge < -0.3 is 24.1 Å². The van der Waals surface area contributed by atoms with Crippen LogP contribution in [0, 0.1) is 0 Å². The fourth-order valence-corrected chi connectivity index (χ4v) is 7.57. The predicted octanol–water partition coefficient (Wildman–Crippen LogP) is 10.5. The van der Waals surface area contributed by atoms with Gasteiger partial charge in [-0.1, -0.05) is 141 Å². The highest BCUT2D eigenvalue weighted by molar-refractivity contribution is 7.46. The second-order valence-electron chi connectivity index (χ2n) is 16.3. The Hall–Kier alpha value is -1.19. The van der Waals surface area contributed by atoms with Crippen molar-refractivity contribution in [3.63, 3.8) is 0 Å². The molecule has 0 aromatic rings. The van der Waals surface area contributed by atoms with Gasteiger partial charge in [-0.25, -0.2) is 0 Å². The van der Waals surface area contributed by atoms with Crippen molar-refractivity contribution >= 4 is 19.4 Å². The smallest absolute Gasteiger partial charge is 0.269 e. The largest absolute Gasteiger partial charge is 0.756 e. The highest BCUT2D eigenvalue weighted by Gasteiger charge is 2.53. The van der Waals surface area contributed by atoms with Gasteiger partial charge in [0.15, 0.2) is 11.6 Å². The number of nitrogens with zero attached hydrogens (tertiary/aromatic N) is 1. The molecule has 0 aromatic carbocycles. The maximum atomic E-state index is 13.8. The van der Waals surface area contributed by atoms with Crippen molar-refractivity contribution in [3.8, 4) is 0 Å². The van der Waals surface area contributed by atoms with Crippen LogP contribution in [-0.2, 0) is 23.2 Å². The minimum Gasteiger partial charge on any atom is -0.756 e. The van der Waals surface area contributed by atoms with E-state index in [9.17, 15) is 29.3 Å². The van der Waals surface area contributed by atoms with E-state index in [1.54, 1.807) is 0 Å². The molecule has 54 heavy (non-hydrogen) atoms. The Bertz CT molecular complexity index is 973. The summed E-state index contributed by atoms with van der Waals surface area (Å²) in [6.45, 7) is 3.57. The van der Waals surface area contributed by atoms with Gasteiger partial charge in [-0.05, 0) is 64.2 Å². The molecule has 0 aliphatic rings. The van der Waals surface area contributed by atoms with Gasteiger partial charge in [0.25, 0.3) is 7.82 Å². The highest BCUT2D eigenvalue weighted by Crippen LogP contribution is 2.46. The zero-order valence-electron chi connectivity index (χ0n) is 35.5. The van der Waals surface area contributed by atoms with Crippen LogP contribution in [0.15, 0.2) is 24.3 Å². The molecule has 0 saturated carbocycles. The second-order valence-corrected chi connectivity index (χ2v) is 17.7. The first kappa shape index (κ1) is 52.8. The molecule has 9 nitrogen and oxygen atoms in total. The molecule has 2 atom stereocenters. The van der Waals surface area contributed by atoms with E-state index in [-0.39, 0.29) is 19.4 Å². The Morgan fingerprint density at radius 2 is 0.963 bits per heavy atom. The summed E-state index contributed by atoms with van der Waals surface area (Å²) in [5.74, 6) is -1.66. The molecule has 0 rings (SSSR count). The number of carbonyl (C=O) groups excluding carboxylic acids is 2. The number of unbranched alkanes of at least 4 members (excludes halogenated alkanes) is 22. The summed E-state index contributed by atoms with van der Waals surface area (Å²) < 4.78 is 23.9. The normalized spacial score (nSPS) is 14.3. The number of aliphatic hydroxyl groups is 2. The quantitative estimate of drug-likeness (QED) is 0.0206. The summed E-state index contributed by atoms with van der Waals surface area (Å²) in [5.41, 5.74) is -2.73. The van der Waals surface area contributed by atoms with Gasteiger partial charge >= 0.3 is 0 Å². The van der Waals surface area contributed by atoms with Gasteiger partial charge in [0.05, 0.1) is 27.7 Å². The molecule has 0 spiro atoms. The standard InChI is InChI=1S/C44H84NO8P/c1-6-8-10-12-14-16-18-20-22-24-26-28-30-32-34-36-41(47)44(43(49)40-46,53-54(50,51)52-39-38-45(3,4)5)42(48)37-35-33-31-29-27-25-23-21-19-17-15-13-11-9-7-2/h20-23,43,46,49H,6-19,24-40H2,1-5H3/b22-20-,23-21-/t43-/m0/s1. The lowest BCUT2D eigenvalue weighted by Gasteiger charge is -2.39. The third-order valence-corrected chi connectivity index (χ3v) is 11.1. The Morgan fingerprint density at radius 3 is 1.30 bits per heavy atom. The molecule has 1 unspecified atom stereocenters. The summed E-state index contributed by atoms with van der Waals surface area (Å²) in [4.78, 5) is 40.6. The molecule has 0 saturated heterocycles. The number of hydrogen-bond donors (Lipinski definition) is 2. The van der Waals surface area contributed by atoms with Crippen molar-refractivity contribution in [2.45, 2.75) is 205 Å². The first-order chi connectivity index (χ1) is 25.9. The number of hydrogen-bond acceptors (Lipinski definition) is 8. The molecule has 0 aromatic heterocycles. The summed E-state index contributed by atoms with van der Waals surface area (Å²) in [6, 6.07) is 0. The molecule has 0 amide bonds. The van der Waals surface area contributed by atoms with Crippen LogP contribution in [0.2, 0.25) is 0 Å². The van der Waals surface area contributed by atoms with E-state index in [2.05, 4.69) is 38.2 Å². The van der Waals surface area contributed by atoms with Crippen molar-refractivity contribution in [2.24, 2.45) is 0 Å². The summed E-state index contributed by atoms with van der Waals surface area (Å²) >= 11 is 0. The fourth-order valence-electron chi connectivity index (χ4n) is 6.53. The fraction of sp³-hybridized carbons (Fsp3) is 0.864. The number of allylic oxidation sites excluding steroid dienone is 4. The molecule has 318 valence electrons. The number of phosphoric acid groups is 1. The second kappa shape index (κ2) is 33.9. The first-order valence-electron chi connectivity index (χ1n) is 22.0. The van der Waals surface area contributed by atoms with E-state index in [0.29, 0.717) is 23.9 Å². The molecule has 0 aliphatic carbocycles. The van der Waals surface area contributed by atoms with Crippen LogP contribution in [0.5, 0.6) is 0 Å². The van der Waals surface area contributed by atoms with E-state index in [4.69, 9.17) is 9.05 Å². The lowest BCUT2D eigenvalue weighted by Crippen LogP contribution is -2.59. The number of quaternary nitrogens is 1. The average Bonchev–Trinajstić information content (AvgIpc) is 3.12. The van der Waals surface area contributed by atoms with Gasteiger partial charge in [-0.3, -0.25) is 18.7 Å². The van der Waals surface area contributed by atoms with Crippen LogP contribution < -0.4 is 4.89 Å². The average molecular weight is 786 g/mol. The lowest BCUT2D eigenvalue weighted by molar-refractivity contribution is -0.870. The van der Waals surface area contributed by atoms with Gasteiger partial charge in [0, 0.05) is 12.8 Å². The number of phosphoric ester groups is 1. The van der Waals surface area contributed by atoms with Gasteiger partial charge in [-0.2, -0.15) is 0 Å². The topological polar surface area (TPSA) is 133 Å². The van der Waals surface area contributed by atoms with Crippen LogP contribution in [0.1, 0.15) is 194 Å². The van der Waals surface area contributed by atoms with Gasteiger partial charge in [-0.15, -0.1) is 0 Å². The molecule has 0 bridgehead atoms. The van der Waals surface area contributed by atoms with Gasteiger partial charge in [0.1, 0.15) is 19.3 Å². The van der Waals surface area contributed by atoms with E-state index < -0.39 is 37.7 Å². The number of likely N-dealkylation sites (N-methyl/N-ethyl adjacent to an activating group) is 1. The number of ketones is 2. The van der Waals surface area contributed by atoms with E-state index in [1.165, 1.54) is 77.0 Å². The zero-order chi connectivity index (χ0) is 40.4. The molecule has 0 fully saturated rings. The molecule has 0 heterocycles. The van der Waals surface area contributed by atoms with Crippen LogP contribution in [0.25, 0.3) is 0 Å². The minimum absolute atomic E-state index is 0.147. The first-order valence-corrected chi connectivity index (χ1v) is 23.4. The number of carbonyl (C=O) groups is 2. The minimum atomic E-state index is -5.21. The predicted molar refractivity (Wildman–Crippen MR) is 222 cm³/mol. The summed E-state index contributed by atoms with van der Waals surface area (Å²) in [5, 5.41) is 20.9. The maximum absolute atomic E-state index is 13.8. The van der Waals surface area contributed by atoms with Crippen molar-refractivity contribution < 1.29 is 42.8 Å². The molecular formula is C44H84NO8P. The third kappa shape index (κ3) is 28.2. The van der Waals surface area contributed by atoms with Gasteiger partial charge in [0.2, 0.25) is 5.60 Å². The van der Waals surface area contributed by atoms with Crippen molar-refractivity contribution in [1.29, 1.82) is 0 Å². The van der Waals surface area contributed by atoms with Crippen LogP contribution in [0.3, 0.4) is 0 Å². The summed E-state index contributed by atoms with van der Waals surface area (Å²) in [7, 11) is 0.399. The van der Waals surface area contributed by atoms with Crippen LogP contribution in [0.4, 0.5) is 0 Å². The molecule has 10 heteroatoms. The molecule has 0 radical (unpaired) electrons. The monoisotopic (exact) mass is 786 g/mol. The Labute approximate surface area is 332 Å². The Balaban J connectivity index is 5.03. The third-order valence-electron chi connectivity index (χ3n) is 10.1. The Kier molecular flexibility index (Phi) is 33.2. The molecular weight excluding hydrogens is 701 g/mol. The van der Waals surface area contributed by atoms with Crippen molar-refractivity contribution in [1.82, 2.24) is 0 Å². The van der Waals surface area contributed by atoms with Crippen molar-refractivity contribution in [2.75, 3.05) is 40.9 Å². The Morgan fingerprint density at radius 1 is 0.630 bits per heavy atom. The van der Waals surface area contributed by atoms with Crippen LogP contribution in [-0.4, -0.2) is 78.9 Å². The molecule has 0 aliphatic heterocycles. The number of aliphatic hydroxyl groups excluding tert-OH is 2. The maximum Gasteiger partial charge on any atom is 0.269 e. The van der Waals surface area contributed by atoms with Crippen molar-refractivity contribution in [3.05, 3.63) is 24.3 Å². The van der Waals surface area contributed by atoms with Crippen LogP contribution >= 0.6 is 7.82 Å². The van der Waals surface area contributed by atoms with E-state index in [1.807, 2.05) is 21.1 Å². The number of rotatable bonds is 40. The van der Waals surface area contributed by atoms with E-state index in [0.717, 1.165) is 77.0 Å². The lowest BCUT2D eigenvalue weighted by atomic mass is 9.82. The van der Waals surface area contributed by atoms with E-state index >= 15 is 0 Å². The number of Topliss-reactive ketones (excluding diaryl/α,β-unsaturated/α-hetero) is 2. The highest BCUT2D eigenvalue weighted by atomic mass is 31.2. The molecule has 2 N–H and O–H groups in total. The zero-order valence-corrected chi connectivity index (χ0v) is 36.4. The SMILES string of the molecule is CCCCCCCC/C=C\CCCCCCCC(=O)C(OP(=O)([O-])OCC[N+](C)(C)C)(C(=O)CCCCCCC/C=C\CCCCCCCC)[C@@H](O)CO. The summed E-state index contributed by atoms with van der Waals surface area (Å²) in [6.07, 6.45) is 34.8.